The summed E-state index contributed by atoms with van der Waals surface area (Å²) >= 11 is 0. The van der Waals surface area contributed by atoms with Gasteiger partial charge in [0.2, 0.25) is 100 Å². The van der Waals surface area contributed by atoms with Crippen LogP contribution in [0, 0.1) is 5.41 Å². The fraction of sp³-hybridized carbons (Fsp3) is 0.434. The number of aliphatic hydroxyl groups excluding tert-OH is 1. The molecule has 28 N–H and O–H groups in total. The zero-order valence-corrected chi connectivity index (χ0v) is 65.3. The maximum atomic E-state index is 15.4. The number of carbonyl (C=O) groups is 18. The molecule has 42 nitrogen and oxygen atoms in total. The number of para-hydroxylation sites is 1. The highest BCUT2D eigenvalue weighted by atomic mass is 16.4. The Kier molecular flexibility index (Phi) is 34.4. The Hall–Kier alpha value is -13.8. The molecule has 636 valence electrons. The fourth-order valence-corrected chi connectivity index (χ4v) is 12.6. The first kappa shape index (κ1) is 93.0. The van der Waals surface area contributed by atoms with E-state index < -0.39 is 255 Å². The molecule has 1 fully saturated rings. The van der Waals surface area contributed by atoms with Gasteiger partial charge in [0, 0.05) is 69.8 Å². The van der Waals surface area contributed by atoms with Crippen LogP contribution in [0.15, 0.2) is 97.2 Å². The number of carbonyl (C=O) groups excluding carboxylic acids is 17. The summed E-state index contributed by atoms with van der Waals surface area (Å²) < 4.78 is 1.70. The molecule has 0 radical (unpaired) electrons. The summed E-state index contributed by atoms with van der Waals surface area (Å²) in [7, 11) is 1.68. The molecular formula is C76H101N21O21. The molecule has 1 unspecified atom stereocenters. The number of amides is 17. The maximum Gasteiger partial charge on any atom is 0.326 e. The molecule has 1 aliphatic rings. The number of nitrogens with two attached hydrogens (primary N) is 5. The lowest BCUT2D eigenvalue weighted by molar-refractivity contribution is -0.144. The van der Waals surface area contributed by atoms with Gasteiger partial charge in [-0.2, -0.15) is 0 Å². The number of primary amides is 4. The second kappa shape index (κ2) is 43.6. The van der Waals surface area contributed by atoms with E-state index in [9.17, 15) is 77.6 Å². The van der Waals surface area contributed by atoms with Gasteiger partial charge in [0.25, 0.3) is 0 Å². The number of fused-ring (bicyclic) bond motifs is 2. The Labute approximate surface area is 675 Å². The van der Waals surface area contributed by atoms with Crippen LogP contribution in [0.3, 0.4) is 0 Å². The average Bonchev–Trinajstić information content (AvgIpc) is 1.62. The van der Waals surface area contributed by atoms with Gasteiger partial charge in [-0.15, -0.1) is 0 Å². The third-order valence-electron chi connectivity index (χ3n) is 18.7. The van der Waals surface area contributed by atoms with E-state index in [0.717, 1.165) is 19.2 Å². The largest absolute Gasteiger partial charge is 0.508 e. The Bertz CT molecular complexity index is 4610. The van der Waals surface area contributed by atoms with Gasteiger partial charge in [-0.3, -0.25) is 86.9 Å². The van der Waals surface area contributed by atoms with Gasteiger partial charge in [0.05, 0.1) is 31.8 Å². The zero-order valence-electron chi connectivity index (χ0n) is 65.3. The number of carboxylic acid groups (broad SMARTS) is 1. The molecule has 2 heterocycles. The van der Waals surface area contributed by atoms with Crippen molar-refractivity contribution in [3.63, 3.8) is 0 Å². The Morgan fingerprint density at radius 3 is 1.75 bits per heavy atom. The van der Waals surface area contributed by atoms with E-state index in [0.29, 0.717) is 33.0 Å². The predicted molar refractivity (Wildman–Crippen MR) is 420 cm³/mol. The smallest absolute Gasteiger partial charge is 0.326 e. The number of hydrogen-bond donors (Lipinski definition) is 23. The first-order chi connectivity index (χ1) is 55.6. The van der Waals surface area contributed by atoms with Crippen LogP contribution in [0.25, 0.3) is 21.7 Å². The van der Waals surface area contributed by atoms with Crippen LogP contribution >= 0.6 is 0 Å². The number of aliphatic carboxylic acids is 1. The minimum Gasteiger partial charge on any atom is -0.508 e. The molecule has 1 aliphatic heterocycles. The summed E-state index contributed by atoms with van der Waals surface area (Å²) in [6, 6.07) is 3.59. The van der Waals surface area contributed by atoms with Crippen LogP contribution in [0.4, 0.5) is 0 Å². The number of phenols is 1. The minimum absolute atomic E-state index is 0.0684. The number of rotatable bonds is 26. The summed E-state index contributed by atoms with van der Waals surface area (Å²) in [5.74, 6) is -22.5. The topological polar surface area (TPSA) is 695 Å². The van der Waals surface area contributed by atoms with Crippen molar-refractivity contribution in [3.05, 3.63) is 114 Å². The van der Waals surface area contributed by atoms with Crippen molar-refractivity contribution in [3.8, 4) is 5.75 Å². The monoisotopic (exact) mass is 1640 g/mol. The third kappa shape index (κ3) is 29.2. The van der Waals surface area contributed by atoms with E-state index in [-0.39, 0.29) is 38.0 Å². The quantitative estimate of drug-likeness (QED) is 0.0139. The molecule has 5 aromatic rings. The highest BCUT2D eigenvalue weighted by Crippen LogP contribution is 2.24. The number of carboxylic acids is 1. The van der Waals surface area contributed by atoms with Crippen LogP contribution < -0.4 is 103 Å². The van der Waals surface area contributed by atoms with Gasteiger partial charge in [-0.05, 0) is 98.5 Å². The molecule has 0 aliphatic carbocycles. The van der Waals surface area contributed by atoms with E-state index in [1.807, 2.05) is 5.32 Å². The average molecular weight is 1640 g/mol. The molecule has 0 spiro atoms. The van der Waals surface area contributed by atoms with Crippen molar-refractivity contribution in [2.24, 2.45) is 35.7 Å². The van der Waals surface area contributed by atoms with Crippen molar-refractivity contribution in [2.75, 3.05) is 13.1 Å². The van der Waals surface area contributed by atoms with Crippen LogP contribution in [0.5, 0.6) is 5.75 Å². The van der Waals surface area contributed by atoms with Crippen molar-refractivity contribution in [1.82, 2.24) is 79.0 Å². The lowest BCUT2D eigenvalue weighted by atomic mass is 9.97. The highest BCUT2D eigenvalue weighted by Gasteiger charge is 2.41. The molecule has 42 heteroatoms. The Balaban J connectivity index is 1.51. The third-order valence-corrected chi connectivity index (χ3v) is 18.7. The number of aryl methyl sites for hydroxylation is 1. The number of aromatic nitrogens is 1. The number of phenolic OH excluding ortho intramolecular Hbond substituents is 1. The molecular weight excluding hydrogens is 1540 g/mol. The van der Waals surface area contributed by atoms with Crippen LogP contribution in [0.1, 0.15) is 109 Å². The SMILES string of the molecule is CC(=O)N[C@H]1CC(=O)NCCCC(C(=O)N[C@@H](CC(N)=O)C(=O)N[C@@H](CC(N)=O)C(=O)O)NC(=O)C(C)(C)NC(=O)[C@H](Cc2ccc3ccccc3c2)NC(=O)[C@H](Cc2ccc(O)cc2)NC(=O)[C@H](CCCNC(=N)N)NC(=O)[C@H](CCC(N)=O)NC(=O)[C@H](Cc2cn(C)c3ccccc23)NC(=O)[C@H]([C@@H](C)O)NC(=O)[C@H](CC(N)=O)NC1=O. The van der Waals surface area contributed by atoms with Gasteiger partial charge in [-0.1, -0.05) is 72.8 Å². The maximum absolute atomic E-state index is 15.4. The summed E-state index contributed by atoms with van der Waals surface area (Å²) in [6.45, 7) is 3.77. The number of aliphatic hydroxyl groups is 1. The first-order valence-electron chi connectivity index (χ1n) is 37.4. The van der Waals surface area contributed by atoms with Gasteiger partial charge < -0.3 is 123 Å². The number of nitrogens with zero attached hydrogens (tertiary/aromatic N) is 1. The van der Waals surface area contributed by atoms with E-state index in [2.05, 4.69) is 69.1 Å². The van der Waals surface area contributed by atoms with Gasteiger partial charge >= 0.3 is 5.97 Å². The van der Waals surface area contributed by atoms with Crippen LogP contribution in [0.2, 0.25) is 0 Å². The van der Waals surface area contributed by atoms with Crippen molar-refractivity contribution < 1.29 is 102 Å². The Morgan fingerprint density at radius 2 is 1.14 bits per heavy atom. The van der Waals surface area contributed by atoms with Gasteiger partial charge in [0.1, 0.15) is 77.7 Å². The normalized spacial score (nSPS) is 21.5. The van der Waals surface area contributed by atoms with Crippen molar-refractivity contribution >= 4 is 134 Å². The lowest BCUT2D eigenvalue weighted by Crippen LogP contribution is -2.64. The van der Waals surface area contributed by atoms with Crippen molar-refractivity contribution in [1.29, 1.82) is 5.41 Å². The number of benzene rings is 4. The molecule has 6 rings (SSSR count). The van der Waals surface area contributed by atoms with E-state index in [1.165, 1.54) is 38.1 Å². The molecule has 1 aromatic heterocycles. The van der Waals surface area contributed by atoms with Gasteiger partial charge in [-0.25, -0.2) is 4.79 Å². The van der Waals surface area contributed by atoms with Crippen LogP contribution in [-0.2, 0) is 113 Å². The number of hydrogen-bond acceptors (Lipinski definition) is 21. The lowest BCUT2D eigenvalue weighted by Gasteiger charge is -2.31. The van der Waals surface area contributed by atoms with Crippen molar-refractivity contribution in [2.45, 2.75) is 189 Å². The molecule has 1 saturated heterocycles. The van der Waals surface area contributed by atoms with E-state index in [4.69, 9.17) is 34.1 Å². The minimum atomic E-state index is -2.17. The molecule has 118 heavy (non-hydrogen) atoms. The highest BCUT2D eigenvalue weighted by molar-refractivity contribution is 6.03. The first-order valence-corrected chi connectivity index (χ1v) is 37.4. The number of aromatic hydroxyl groups is 1. The summed E-state index contributed by atoms with van der Waals surface area (Å²) in [4.78, 5) is 250. The zero-order chi connectivity index (χ0) is 87.4. The molecule has 17 amide bonds. The number of nitrogens with one attached hydrogen (secondary N) is 15. The molecule has 12 atom stereocenters. The fourth-order valence-electron chi connectivity index (χ4n) is 12.6. The molecule has 0 saturated carbocycles. The second-order valence-corrected chi connectivity index (χ2v) is 28.9. The standard InChI is InChI=1S/C76H101N21O21/c1-37(98)62-72(115)92-51(31-43-36-97(5)56-17-9-8-14-45(43)56)67(110)87-48(24-25-57(77)101)65(108)86-46(15-11-27-84-75(81)82)63(106)88-49(29-39-19-22-44(100)23-20-39)66(109)89-50(30-40-18-21-41-12-6-7-13-42(41)28-40)71(114)96-76(3,4)74(118)94-47(64(107)90-52(32-58(78)102)68(111)93-55(73(116)117)34-60(80)104)16-10-26-83-61(105)35-54(85-38(2)99)69(112)91-53(33-59(79)103)70(113)95-62/h6-9,12-14,17-23,28,36-37,46-55,62,98,100H,10-11,15-16,24-27,29-35H2,1-5H3,(H2,77,101)(H2,78,102)(H2,79,103)(H2,80,104)(H,83,105)(H,85,99)(H,86,108)(H,87,110)(H,88,106)(H,89,109)(H,90,107)(H,91,112)(H,92,115)(H,93,111)(H,94,118)(H,95,113)(H,96,114)(H,116,117)(H4,81,82,84)/t37-,46+,47?,48+,49+,50+,51+,52+,53+,54+,55+,62+/m1/s1. The Morgan fingerprint density at radius 1 is 0.602 bits per heavy atom. The van der Waals surface area contributed by atoms with E-state index in [1.54, 1.807) is 84.5 Å². The predicted octanol–water partition coefficient (Wildman–Crippen LogP) is -6.77. The second-order valence-electron chi connectivity index (χ2n) is 28.9. The molecule has 0 bridgehead atoms. The number of guanidine groups is 1. The summed E-state index contributed by atoms with van der Waals surface area (Å²) in [5.41, 5.74) is 27.0. The van der Waals surface area contributed by atoms with Crippen LogP contribution in [-0.4, -0.2) is 223 Å². The summed E-state index contributed by atoms with van der Waals surface area (Å²) in [6.07, 6.45) is -7.92. The van der Waals surface area contributed by atoms with E-state index >= 15 is 24.0 Å². The summed E-state index contributed by atoms with van der Waals surface area (Å²) in [5, 5.41) is 75.0. The molecule has 4 aromatic carbocycles. The van der Waals surface area contributed by atoms with Gasteiger partial charge in [0.15, 0.2) is 5.96 Å².